The van der Waals surface area contributed by atoms with Crippen LogP contribution in [0.2, 0.25) is 5.02 Å². The van der Waals surface area contributed by atoms with Gasteiger partial charge in [-0.3, -0.25) is 19.8 Å². The molecule has 0 atom stereocenters. The zero-order chi connectivity index (χ0) is 21.3. The first-order valence-electron chi connectivity index (χ1n) is 8.76. The lowest BCUT2D eigenvalue weighted by atomic mass is 10.1. The van der Waals surface area contributed by atoms with Crippen molar-refractivity contribution in [1.82, 2.24) is 4.90 Å². The van der Waals surface area contributed by atoms with Crippen LogP contribution in [0.25, 0.3) is 17.4 Å². The molecule has 1 saturated heterocycles. The summed E-state index contributed by atoms with van der Waals surface area (Å²) in [6.07, 6.45) is 1.62. The monoisotopic (exact) mass is 456 g/mol. The van der Waals surface area contributed by atoms with Crippen LogP contribution in [0.4, 0.5) is 5.69 Å². The number of thiocarbonyl (C=S) groups is 1. The van der Waals surface area contributed by atoms with Crippen molar-refractivity contribution in [3.63, 3.8) is 0 Å². The van der Waals surface area contributed by atoms with Crippen molar-refractivity contribution in [2.24, 2.45) is 0 Å². The average molecular weight is 457 g/mol. The van der Waals surface area contributed by atoms with Gasteiger partial charge in [0.25, 0.3) is 11.6 Å². The molecule has 0 radical (unpaired) electrons. The van der Waals surface area contributed by atoms with Gasteiger partial charge < -0.3 is 4.42 Å². The Labute approximate surface area is 186 Å². The first kappa shape index (κ1) is 20.3. The third-order valence-electron chi connectivity index (χ3n) is 4.38. The van der Waals surface area contributed by atoms with E-state index in [1.165, 1.54) is 23.9 Å². The third-order valence-corrected chi connectivity index (χ3v) is 6.08. The number of nitro benzene ring substituents is 1. The molecule has 3 aromatic rings. The summed E-state index contributed by atoms with van der Waals surface area (Å²) in [5.41, 5.74) is 1.30. The van der Waals surface area contributed by atoms with Crippen molar-refractivity contribution in [3.8, 4) is 11.3 Å². The molecule has 2 heterocycles. The maximum atomic E-state index is 12.8. The third kappa shape index (κ3) is 4.16. The van der Waals surface area contributed by atoms with Gasteiger partial charge >= 0.3 is 0 Å². The normalized spacial score (nSPS) is 15.2. The predicted octanol–water partition coefficient (Wildman–Crippen LogP) is 5.91. The van der Waals surface area contributed by atoms with Gasteiger partial charge in [0.2, 0.25) is 0 Å². The number of nitro groups is 1. The first-order valence-corrected chi connectivity index (χ1v) is 10.4. The number of halogens is 1. The molecule has 1 fully saturated rings. The Morgan fingerprint density at radius 3 is 2.67 bits per heavy atom. The molecule has 1 aliphatic heterocycles. The maximum absolute atomic E-state index is 12.8. The average Bonchev–Trinajstić information content (AvgIpc) is 3.29. The highest BCUT2D eigenvalue weighted by Gasteiger charge is 2.32. The number of benzene rings is 2. The van der Waals surface area contributed by atoms with Gasteiger partial charge in [-0.1, -0.05) is 65.9 Å². The number of hydrogen-bond donors (Lipinski definition) is 0. The highest BCUT2D eigenvalue weighted by atomic mass is 35.5. The summed E-state index contributed by atoms with van der Waals surface area (Å²) in [7, 11) is 0. The number of carbonyl (C=O) groups is 1. The Bertz CT molecular complexity index is 1190. The predicted molar refractivity (Wildman–Crippen MR) is 121 cm³/mol. The number of rotatable bonds is 5. The van der Waals surface area contributed by atoms with Crippen molar-refractivity contribution < 1.29 is 14.1 Å². The molecular formula is C21H13ClN2O4S2. The molecule has 150 valence electrons. The number of nitrogens with zero attached hydrogens (tertiary/aromatic N) is 2. The van der Waals surface area contributed by atoms with Gasteiger partial charge in [-0.15, -0.1) is 0 Å². The van der Waals surface area contributed by atoms with E-state index in [1.54, 1.807) is 29.2 Å². The number of amides is 1. The zero-order valence-corrected chi connectivity index (χ0v) is 17.7. The molecular weight excluding hydrogens is 444 g/mol. The SMILES string of the molecule is O=C1/C(=C\c2ccc(-c3ccc(Cl)c([N+](=O)[O-])c3)o2)SC(=S)N1Cc1ccccc1. The van der Waals surface area contributed by atoms with Crippen LogP contribution in [0, 0.1) is 10.1 Å². The van der Waals surface area contributed by atoms with E-state index in [4.69, 9.17) is 28.2 Å². The molecule has 0 spiro atoms. The minimum Gasteiger partial charge on any atom is -0.457 e. The lowest BCUT2D eigenvalue weighted by Crippen LogP contribution is -2.27. The topological polar surface area (TPSA) is 76.6 Å². The number of carbonyl (C=O) groups excluding carboxylic acids is 1. The minimum absolute atomic E-state index is 0.0534. The molecule has 0 saturated carbocycles. The van der Waals surface area contributed by atoms with Crippen LogP contribution < -0.4 is 0 Å². The molecule has 0 N–H and O–H groups in total. The highest BCUT2D eigenvalue weighted by Crippen LogP contribution is 2.35. The van der Waals surface area contributed by atoms with Gasteiger partial charge in [0.05, 0.1) is 16.4 Å². The molecule has 9 heteroatoms. The molecule has 0 unspecified atom stereocenters. The second-order valence-electron chi connectivity index (χ2n) is 6.38. The van der Waals surface area contributed by atoms with E-state index in [-0.39, 0.29) is 16.6 Å². The molecule has 1 aliphatic rings. The minimum atomic E-state index is -0.548. The summed E-state index contributed by atoms with van der Waals surface area (Å²) in [6, 6.07) is 17.4. The van der Waals surface area contributed by atoms with E-state index in [0.29, 0.717) is 32.9 Å². The largest absolute Gasteiger partial charge is 0.457 e. The Balaban J connectivity index is 1.56. The van der Waals surface area contributed by atoms with Crippen LogP contribution in [0.1, 0.15) is 11.3 Å². The molecule has 1 aromatic heterocycles. The first-order chi connectivity index (χ1) is 14.4. The van der Waals surface area contributed by atoms with Crippen LogP contribution in [0.15, 0.2) is 70.0 Å². The summed E-state index contributed by atoms with van der Waals surface area (Å²) in [4.78, 5) is 25.3. The van der Waals surface area contributed by atoms with Gasteiger partial charge in [0.1, 0.15) is 20.9 Å². The fourth-order valence-corrected chi connectivity index (χ4v) is 4.34. The summed E-state index contributed by atoms with van der Waals surface area (Å²) in [5.74, 6) is 0.692. The van der Waals surface area contributed by atoms with Crippen LogP contribution in [-0.2, 0) is 11.3 Å². The second-order valence-corrected chi connectivity index (χ2v) is 8.46. The molecule has 0 aliphatic carbocycles. The smallest absolute Gasteiger partial charge is 0.288 e. The van der Waals surface area contributed by atoms with Gasteiger partial charge in [-0.25, -0.2) is 0 Å². The van der Waals surface area contributed by atoms with Crippen LogP contribution >= 0.6 is 35.6 Å². The molecule has 2 aromatic carbocycles. The lowest BCUT2D eigenvalue weighted by molar-refractivity contribution is -0.384. The zero-order valence-electron chi connectivity index (χ0n) is 15.3. The van der Waals surface area contributed by atoms with Gasteiger partial charge in [-0.05, 0) is 29.8 Å². The summed E-state index contributed by atoms with van der Waals surface area (Å²) in [5, 5.41) is 11.1. The Kier molecular flexibility index (Phi) is 5.72. The van der Waals surface area contributed by atoms with Crippen LogP contribution in [0.5, 0.6) is 0 Å². The van der Waals surface area contributed by atoms with Crippen molar-refractivity contribution in [3.05, 3.63) is 92.0 Å². The fraction of sp³-hybridized carbons (Fsp3) is 0.0476. The van der Waals surface area contributed by atoms with E-state index in [1.807, 2.05) is 30.3 Å². The summed E-state index contributed by atoms with van der Waals surface area (Å²) < 4.78 is 6.26. The maximum Gasteiger partial charge on any atom is 0.288 e. The van der Waals surface area contributed by atoms with E-state index in [9.17, 15) is 14.9 Å². The van der Waals surface area contributed by atoms with Crippen molar-refractivity contribution in [2.45, 2.75) is 6.54 Å². The van der Waals surface area contributed by atoms with Crippen molar-refractivity contribution in [1.29, 1.82) is 0 Å². The Hall–Kier alpha value is -2.94. The standard InChI is InChI=1S/C21H13ClN2O4S2/c22-16-8-6-14(10-17(16)24(26)27)18-9-7-15(28-18)11-19-20(25)23(21(29)30-19)12-13-4-2-1-3-5-13/h1-11H,12H2/b19-11+. The molecule has 0 bridgehead atoms. The van der Waals surface area contributed by atoms with Gasteiger partial charge in [0, 0.05) is 17.7 Å². The fourth-order valence-electron chi connectivity index (χ4n) is 2.92. The Morgan fingerprint density at radius 2 is 1.93 bits per heavy atom. The van der Waals surface area contributed by atoms with Crippen molar-refractivity contribution in [2.75, 3.05) is 0 Å². The molecule has 6 nitrogen and oxygen atoms in total. The van der Waals surface area contributed by atoms with E-state index in [2.05, 4.69) is 0 Å². The highest BCUT2D eigenvalue weighted by molar-refractivity contribution is 8.26. The summed E-state index contributed by atoms with van der Waals surface area (Å²) in [6.45, 7) is 0.403. The molecule has 4 rings (SSSR count). The van der Waals surface area contributed by atoms with E-state index >= 15 is 0 Å². The van der Waals surface area contributed by atoms with Gasteiger partial charge in [0.15, 0.2) is 0 Å². The van der Waals surface area contributed by atoms with E-state index < -0.39 is 4.92 Å². The quantitative estimate of drug-likeness (QED) is 0.205. The number of thioether (sulfide) groups is 1. The van der Waals surface area contributed by atoms with Crippen molar-refractivity contribution >= 4 is 57.6 Å². The molecule has 1 amide bonds. The number of furan rings is 1. The second kappa shape index (κ2) is 8.43. The molecule has 30 heavy (non-hydrogen) atoms. The Morgan fingerprint density at radius 1 is 1.17 bits per heavy atom. The van der Waals surface area contributed by atoms with Gasteiger partial charge in [-0.2, -0.15) is 0 Å². The van der Waals surface area contributed by atoms with Crippen LogP contribution in [0.3, 0.4) is 0 Å². The van der Waals surface area contributed by atoms with Crippen LogP contribution in [-0.4, -0.2) is 20.1 Å². The summed E-state index contributed by atoms with van der Waals surface area (Å²) >= 11 is 12.4. The van der Waals surface area contributed by atoms with E-state index in [0.717, 1.165) is 5.56 Å². The lowest BCUT2D eigenvalue weighted by Gasteiger charge is -2.14. The number of hydrogen-bond acceptors (Lipinski definition) is 6.